The Hall–Kier alpha value is -1.24. The summed E-state index contributed by atoms with van der Waals surface area (Å²) in [6.45, 7) is 4.14. The van der Waals surface area contributed by atoms with Crippen LogP contribution in [0.1, 0.15) is 37.2 Å². The number of benzene rings is 1. The molecule has 0 aliphatic rings. The van der Waals surface area contributed by atoms with Crippen molar-refractivity contribution in [3.63, 3.8) is 0 Å². The van der Waals surface area contributed by atoms with Crippen LogP contribution in [0.4, 0.5) is 4.39 Å². The summed E-state index contributed by atoms with van der Waals surface area (Å²) < 4.78 is 15.9. The van der Waals surface area contributed by atoms with E-state index in [2.05, 4.69) is 40.3 Å². The van der Waals surface area contributed by atoms with Crippen LogP contribution in [0.25, 0.3) is 0 Å². The first-order valence-corrected chi connectivity index (χ1v) is 7.26. The fourth-order valence-corrected chi connectivity index (χ4v) is 2.57. The molecule has 1 atom stereocenters. The third kappa shape index (κ3) is 3.26. The molecule has 4 nitrogen and oxygen atoms in total. The molecule has 1 heterocycles. The zero-order valence-electron chi connectivity index (χ0n) is 11.5. The maximum atomic E-state index is 13.6. The third-order valence-corrected chi connectivity index (χ3v) is 4.00. The molecule has 1 unspecified atom stereocenters. The smallest absolute Gasteiger partial charge is 0.137 e. The zero-order chi connectivity index (χ0) is 14.7. The van der Waals surface area contributed by atoms with E-state index in [9.17, 15) is 4.39 Å². The molecule has 1 aromatic heterocycles. The number of hydrogen-bond acceptors (Lipinski definition) is 3. The van der Waals surface area contributed by atoms with Crippen LogP contribution in [0.15, 0.2) is 34.9 Å². The summed E-state index contributed by atoms with van der Waals surface area (Å²) >= 11 is 3.27. The maximum absolute atomic E-state index is 13.6. The Labute approximate surface area is 126 Å². The van der Waals surface area contributed by atoms with E-state index in [0.29, 0.717) is 16.9 Å². The molecule has 0 fully saturated rings. The second kappa shape index (κ2) is 6.47. The van der Waals surface area contributed by atoms with Gasteiger partial charge in [0.25, 0.3) is 0 Å². The minimum Gasteiger partial charge on any atom is -0.271 e. The summed E-state index contributed by atoms with van der Waals surface area (Å²) in [4.78, 5) is 0. The van der Waals surface area contributed by atoms with Gasteiger partial charge in [0.1, 0.15) is 5.82 Å². The van der Waals surface area contributed by atoms with Crippen molar-refractivity contribution in [2.24, 2.45) is 5.84 Å². The minimum absolute atomic E-state index is 0.199. The highest BCUT2D eigenvalue weighted by Gasteiger charge is 2.17. The average molecular weight is 341 g/mol. The van der Waals surface area contributed by atoms with Crippen molar-refractivity contribution in [2.45, 2.75) is 32.4 Å². The molecule has 0 aliphatic carbocycles. The molecule has 0 spiro atoms. The van der Waals surface area contributed by atoms with E-state index in [1.165, 1.54) is 6.07 Å². The van der Waals surface area contributed by atoms with Crippen molar-refractivity contribution >= 4 is 15.9 Å². The fourth-order valence-electron chi connectivity index (χ4n) is 2.03. The summed E-state index contributed by atoms with van der Waals surface area (Å²) in [7, 11) is 0. The van der Waals surface area contributed by atoms with E-state index >= 15 is 0 Å². The van der Waals surface area contributed by atoms with Crippen molar-refractivity contribution in [3.05, 3.63) is 52.0 Å². The molecular weight excluding hydrogens is 323 g/mol. The first kappa shape index (κ1) is 15.2. The molecular formula is C14H18BrFN4. The Kier molecular flexibility index (Phi) is 4.91. The Balaban J connectivity index is 2.22. The lowest BCUT2D eigenvalue weighted by atomic mass is 10.0. The number of nitrogens with one attached hydrogen (secondary N) is 1. The van der Waals surface area contributed by atoms with Crippen molar-refractivity contribution in [3.8, 4) is 0 Å². The molecule has 2 aromatic rings. The van der Waals surface area contributed by atoms with E-state index in [-0.39, 0.29) is 11.9 Å². The van der Waals surface area contributed by atoms with Crippen LogP contribution in [-0.2, 0) is 6.42 Å². The van der Waals surface area contributed by atoms with Crippen LogP contribution in [-0.4, -0.2) is 9.78 Å². The number of nitrogens with zero attached hydrogens (tertiary/aromatic N) is 2. The van der Waals surface area contributed by atoms with Crippen LogP contribution in [0, 0.1) is 5.82 Å². The van der Waals surface area contributed by atoms with Crippen LogP contribution >= 0.6 is 15.9 Å². The Morgan fingerprint density at radius 3 is 2.75 bits per heavy atom. The van der Waals surface area contributed by atoms with Gasteiger partial charge in [-0.1, -0.05) is 12.1 Å². The highest BCUT2D eigenvalue weighted by molar-refractivity contribution is 9.10. The van der Waals surface area contributed by atoms with Gasteiger partial charge in [-0.15, -0.1) is 0 Å². The van der Waals surface area contributed by atoms with Crippen molar-refractivity contribution in [1.82, 2.24) is 15.2 Å². The van der Waals surface area contributed by atoms with Gasteiger partial charge in [0, 0.05) is 18.7 Å². The number of hydrazine groups is 1. The van der Waals surface area contributed by atoms with E-state index < -0.39 is 0 Å². The van der Waals surface area contributed by atoms with Crippen LogP contribution in [0.3, 0.4) is 0 Å². The van der Waals surface area contributed by atoms with Gasteiger partial charge in [-0.25, -0.2) is 4.39 Å². The second-order valence-electron chi connectivity index (χ2n) is 4.95. The molecule has 1 aromatic carbocycles. The molecule has 6 heteroatoms. The number of nitrogens with two attached hydrogens (primary N) is 1. The Morgan fingerprint density at radius 2 is 2.15 bits per heavy atom. The molecule has 0 bridgehead atoms. The Bertz CT molecular complexity index is 582. The maximum Gasteiger partial charge on any atom is 0.137 e. The van der Waals surface area contributed by atoms with Crippen molar-refractivity contribution in [2.75, 3.05) is 0 Å². The van der Waals surface area contributed by atoms with Crippen LogP contribution in [0.2, 0.25) is 0 Å². The summed E-state index contributed by atoms with van der Waals surface area (Å²) in [5.74, 6) is 5.31. The zero-order valence-corrected chi connectivity index (χ0v) is 13.1. The van der Waals surface area contributed by atoms with Gasteiger partial charge in [-0.05, 0) is 47.5 Å². The monoisotopic (exact) mass is 340 g/mol. The van der Waals surface area contributed by atoms with Gasteiger partial charge >= 0.3 is 0 Å². The molecule has 0 amide bonds. The third-order valence-electron chi connectivity index (χ3n) is 3.16. The quantitative estimate of drug-likeness (QED) is 0.649. The van der Waals surface area contributed by atoms with Crippen LogP contribution < -0.4 is 11.3 Å². The van der Waals surface area contributed by atoms with E-state index in [0.717, 1.165) is 11.3 Å². The van der Waals surface area contributed by atoms with Gasteiger partial charge in [-0.3, -0.25) is 16.0 Å². The average Bonchev–Trinajstić information content (AvgIpc) is 2.88. The molecule has 0 saturated carbocycles. The lowest BCUT2D eigenvalue weighted by Gasteiger charge is -2.17. The van der Waals surface area contributed by atoms with Crippen LogP contribution in [0.5, 0.6) is 0 Å². The number of rotatable bonds is 5. The lowest BCUT2D eigenvalue weighted by molar-refractivity contribution is 0.504. The van der Waals surface area contributed by atoms with Gasteiger partial charge in [0.15, 0.2) is 0 Å². The predicted octanol–water partition coefficient (Wildman–Crippen LogP) is 3.11. The SMILES string of the molecule is CC(C)n1ccc(CC(NN)c2cccc(F)c2Br)n1. The molecule has 108 valence electrons. The molecule has 0 saturated heterocycles. The van der Waals surface area contributed by atoms with Gasteiger partial charge < -0.3 is 0 Å². The standard InChI is InChI=1S/C14H18BrFN4/c1-9(2)20-7-6-10(19-20)8-13(18-17)11-4-3-5-12(16)14(11)15/h3-7,9,13,18H,8,17H2,1-2H3. The highest BCUT2D eigenvalue weighted by Crippen LogP contribution is 2.27. The van der Waals surface area contributed by atoms with E-state index in [1.807, 2.05) is 23.0 Å². The molecule has 20 heavy (non-hydrogen) atoms. The fraction of sp³-hybridized carbons (Fsp3) is 0.357. The highest BCUT2D eigenvalue weighted by atomic mass is 79.9. The van der Waals surface area contributed by atoms with Crippen molar-refractivity contribution < 1.29 is 4.39 Å². The molecule has 3 N–H and O–H groups in total. The van der Waals surface area contributed by atoms with E-state index in [4.69, 9.17) is 5.84 Å². The minimum atomic E-state index is -0.296. The largest absolute Gasteiger partial charge is 0.271 e. The second-order valence-corrected chi connectivity index (χ2v) is 5.74. The topological polar surface area (TPSA) is 55.9 Å². The lowest BCUT2D eigenvalue weighted by Crippen LogP contribution is -2.30. The van der Waals surface area contributed by atoms with Gasteiger partial charge in [0.05, 0.1) is 16.2 Å². The first-order chi connectivity index (χ1) is 9.52. The summed E-state index contributed by atoms with van der Waals surface area (Å²) in [6, 6.07) is 7.00. The Morgan fingerprint density at radius 1 is 1.40 bits per heavy atom. The number of hydrogen-bond donors (Lipinski definition) is 2. The van der Waals surface area contributed by atoms with Gasteiger partial charge in [0.2, 0.25) is 0 Å². The van der Waals surface area contributed by atoms with Crippen molar-refractivity contribution in [1.29, 1.82) is 0 Å². The summed E-state index contributed by atoms with van der Waals surface area (Å²) in [6.07, 6.45) is 2.53. The molecule has 0 aliphatic heterocycles. The van der Waals surface area contributed by atoms with E-state index in [1.54, 1.807) is 6.07 Å². The summed E-state index contributed by atoms with van der Waals surface area (Å²) in [5.41, 5.74) is 4.43. The first-order valence-electron chi connectivity index (χ1n) is 6.47. The molecule has 0 radical (unpaired) electrons. The molecule has 2 rings (SSSR count). The van der Waals surface area contributed by atoms with Gasteiger partial charge in [-0.2, -0.15) is 5.10 Å². The number of halogens is 2. The normalized spacial score (nSPS) is 12.9. The number of aromatic nitrogens is 2. The summed E-state index contributed by atoms with van der Waals surface area (Å²) in [5, 5.41) is 4.49. The predicted molar refractivity (Wildman–Crippen MR) is 80.5 cm³/mol.